The Balaban J connectivity index is 2.40. The normalized spacial score (nSPS) is 19.2. The molecule has 0 unspecified atom stereocenters. The van der Waals surface area contributed by atoms with Crippen molar-refractivity contribution in [2.75, 3.05) is 7.05 Å². The van der Waals surface area contributed by atoms with E-state index in [1.165, 1.54) is 24.0 Å². The van der Waals surface area contributed by atoms with Crippen LogP contribution in [0.15, 0.2) is 24.3 Å². The first-order valence-electron chi connectivity index (χ1n) is 4.53. The van der Waals surface area contributed by atoms with Crippen molar-refractivity contribution in [1.29, 1.82) is 0 Å². The number of hydrogen-bond donors (Lipinski definition) is 1. The van der Waals surface area contributed by atoms with Gasteiger partial charge in [0.2, 0.25) is 0 Å². The molecule has 1 heteroatoms. The fourth-order valence-corrected chi connectivity index (χ4v) is 1.89. The third-order valence-electron chi connectivity index (χ3n) is 2.89. The van der Waals surface area contributed by atoms with Crippen LogP contribution in [0.4, 0.5) is 0 Å². The number of benzene rings is 1. The highest BCUT2D eigenvalue weighted by Crippen LogP contribution is 2.46. The summed E-state index contributed by atoms with van der Waals surface area (Å²) in [5, 5.41) is 3.41. The molecule has 1 nitrogen and oxygen atoms in total. The quantitative estimate of drug-likeness (QED) is 0.701. The van der Waals surface area contributed by atoms with E-state index in [2.05, 4.69) is 43.6 Å². The van der Waals surface area contributed by atoms with E-state index in [1.807, 2.05) is 0 Å². The summed E-state index contributed by atoms with van der Waals surface area (Å²) in [5.74, 6) is 0. The second kappa shape index (κ2) is 2.60. The molecule has 0 heterocycles. The van der Waals surface area contributed by atoms with Gasteiger partial charge in [-0.05, 0) is 37.9 Å². The van der Waals surface area contributed by atoms with Crippen molar-refractivity contribution in [3.05, 3.63) is 35.4 Å². The van der Waals surface area contributed by atoms with Crippen molar-refractivity contribution in [1.82, 2.24) is 5.32 Å². The summed E-state index contributed by atoms with van der Waals surface area (Å²) in [6, 6.07) is 8.65. The molecular formula is C11H15N. The number of aryl methyl sites for hydroxylation is 1. The van der Waals surface area contributed by atoms with Gasteiger partial charge >= 0.3 is 0 Å². The van der Waals surface area contributed by atoms with Crippen LogP contribution in [0.1, 0.15) is 24.0 Å². The standard InChI is InChI=1S/C11H15N/c1-9-5-3-4-6-10(9)11(12-2)7-8-11/h3-6,12H,7-8H2,1-2H3. The molecule has 2 rings (SSSR count). The molecule has 1 aromatic carbocycles. The van der Waals surface area contributed by atoms with Gasteiger partial charge in [-0.25, -0.2) is 0 Å². The van der Waals surface area contributed by atoms with Crippen molar-refractivity contribution >= 4 is 0 Å². The van der Waals surface area contributed by atoms with E-state index in [9.17, 15) is 0 Å². The fourth-order valence-electron chi connectivity index (χ4n) is 1.89. The third-order valence-corrected chi connectivity index (χ3v) is 2.89. The molecule has 0 spiro atoms. The predicted octanol–water partition coefficient (Wildman–Crippen LogP) is 2.20. The van der Waals surface area contributed by atoms with Gasteiger partial charge in [0.1, 0.15) is 0 Å². The van der Waals surface area contributed by atoms with E-state index in [-0.39, 0.29) is 0 Å². The Kier molecular flexibility index (Phi) is 1.69. The van der Waals surface area contributed by atoms with Crippen LogP contribution in [0.2, 0.25) is 0 Å². The molecule has 1 aliphatic carbocycles. The number of nitrogens with one attached hydrogen (secondary N) is 1. The average Bonchev–Trinajstić information content (AvgIpc) is 2.86. The highest BCUT2D eigenvalue weighted by Gasteiger charge is 2.43. The Morgan fingerprint density at radius 2 is 1.92 bits per heavy atom. The van der Waals surface area contributed by atoms with Crippen LogP contribution >= 0.6 is 0 Å². The van der Waals surface area contributed by atoms with E-state index in [4.69, 9.17) is 0 Å². The Morgan fingerprint density at radius 3 is 2.42 bits per heavy atom. The van der Waals surface area contributed by atoms with Gasteiger partial charge in [0.25, 0.3) is 0 Å². The van der Waals surface area contributed by atoms with Gasteiger partial charge in [0, 0.05) is 5.54 Å². The topological polar surface area (TPSA) is 12.0 Å². The summed E-state index contributed by atoms with van der Waals surface area (Å²) in [5.41, 5.74) is 3.21. The maximum Gasteiger partial charge on any atom is 0.0436 e. The molecule has 0 radical (unpaired) electrons. The summed E-state index contributed by atoms with van der Waals surface area (Å²) in [4.78, 5) is 0. The van der Waals surface area contributed by atoms with Gasteiger partial charge in [0.05, 0.1) is 0 Å². The molecule has 1 aliphatic rings. The largest absolute Gasteiger partial charge is 0.310 e. The highest BCUT2D eigenvalue weighted by atomic mass is 15.0. The molecule has 0 atom stereocenters. The monoisotopic (exact) mass is 161 g/mol. The van der Waals surface area contributed by atoms with E-state index in [1.54, 1.807) is 0 Å². The summed E-state index contributed by atoms with van der Waals surface area (Å²) in [7, 11) is 2.06. The van der Waals surface area contributed by atoms with E-state index < -0.39 is 0 Å². The molecule has 1 fully saturated rings. The minimum atomic E-state index is 0.325. The SMILES string of the molecule is CNC1(c2ccccc2C)CC1. The van der Waals surface area contributed by atoms with Crippen molar-refractivity contribution in [3.8, 4) is 0 Å². The van der Waals surface area contributed by atoms with Crippen LogP contribution in [0.25, 0.3) is 0 Å². The maximum atomic E-state index is 3.41. The average molecular weight is 161 g/mol. The molecule has 1 N–H and O–H groups in total. The van der Waals surface area contributed by atoms with Gasteiger partial charge in [0.15, 0.2) is 0 Å². The lowest BCUT2D eigenvalue weighted by molar-refractivity contribution is 0.582. The zero-order chi connectivity index (χ0) is 8.60. The van der Waals surface area contributed by atoms with Crippen LogP contribution in [0.3, 0.4) is 0 Å². The summed E-state index contributed by atoms with van der Waals surface area (Å²) in [6.07, 6.45) is 2.57. The second-order valence-corrected chi connectivity index (χ2v) is 3.65. The minimum Gasteiger partial charge on any atom is -0.310 e. The van der Waals surface area contributed by atoms with Crippen LogP contribution in [0.5, 0.6) is 0 Å². The lowest BCUT2D eigenvalue weighted by Gasteiger charge is -2.16. The summed E-state index contributed by atoms with van der Waals surface area (Å²) >= 11 is 0. The fraction of sp³-hybridized carbons (Fsp3) is 0.455. The Bertz CT molecular complexity index is 287. The first-order valence-corrected chi connectivity index (χ1v) is 4.53. The second-order valence-electron chi connectivity index (χ2n) is 3.65. The van der Waals surface area contributed by atoms with Crippen molar-refractivity contribution in [3.63, 3.8) is 0 Å². The van der Waals surface area contributed by atoms with Crippen LogP contribution < -0.4 is 5.32 Å². The Labute approximate surface area is 73.8 Å². The predicted molar refractivity (Wildman–Crippen MR) is 51.2 cm³/mol. The molecular weight excluding hydrogens is 146 g/mol. The summed E-state index contributed by atoms with van der Waals surface area (Å²) in [6.45, 7) is 2.19. The molecule has 0 saturated heterocycles. The molecule has 0 bridgehead atoms. The zero-order valence-electron chi connectivity index (χ0n) is 7.72. The molecule has 1 aromatic rings. The first kappa shape index (κ1) is 7.81. The minimum absolute atomic E-state index is 0.325. The molecule has 64 valence electrons. The Hall–Kier alpha value is -0.820. The molecule has 1 saturated carbocycles. The van der Waals surface area contributed by atoms with Crippen molar-refractivity contribution in [2.45, 2.75) is 25.3 Å². The first-order chi connectivity index (χ1) is 5.78. The van der Waals surface area contributed by atoms with Crippen molar-refractivity contribution < 1.29 is 0 Å². The van der Waals surface area contributed by atoms with E-state index >= 15 is 0 Å². The van der Waals surface area contributed by atoms with Crippen LogP contribution in [0, 0.1) is 6.92 Å². The maximum absolute atomic E-state index is 3.41. The van der Waals surface area contributed by atoms with Crippen LogP contribution in [-0.4, -0.2) is 7.05 Å². The highest BCUT2D eigenvalue weighted by molar-refractivity contribution is 5.36. The molecule has 12 heavy (non-hydrogen) atoms. The molecule has 0 amide bonds. The summed E-state index contributed by atoms with van der Waals surface area (Å²) < 4.78 is 0. The molecule has 0 aliphatic heterocycles. The Morgan fingerprint density at radius 1 is 1.25 bits per heavy atom. The van der Waals surface area contributed by atoms with E-state index in [0.717, 1.165) is 0 Å². The molecule has 0 aromatic heterocycles. The lowest BCUT2D eigenvalue weighted by atomic mass is 10.00. The van der Waals surface area contributed by atoms with Crippen LogP contribution in [-0.2, 0) is 5.54 Å². The van der Waals surface area contributed by atoms with Gasteiger partial charge < -0.3 is 5.32 Å². The van der Waals surface area contributed by atoms with Crippen molar-refractivity contribution in [2.24, 2.45) is 0 Å². The zero-order valence-corrected chi connectivity index (χ0v) is 7.72. The van der Waals surface area contributed by atoms with Gasteiger partial charge in [-0.2, -0.15) is 0 Å². The van der Waals surface area contributed by atoms with Gasteiger partial charge in [-0.15, -0.1) is 0 Å². The number of rotatable bonds is 2. The smallest absolute Gasteiger partial charge is 0.0436 e. The van der Waals surface area contributed by atoms with Gasteiger partial charge in [-0.1, -0.05) is 24.3 Å². The lowest BCUT2D eigenvalue weighted by Crippen LogP contribution is -2.25. The third kappa shape index (κ3) is 1.05. The van der Waals surface area contributed by atoms with E-state index in [0.29, 0.717) is 5.54 Å². The van der Waals surface area contributed by atoms with Gasteiger partial charge in [-0.3, -0.25) is 0 Å². The number of hydrogen-bond acceptors (Lipinski definition) is 1.